The maximum absolute atomic E-state index is 10.9. The van der Waals surface area contributed by atoms with Gasteiger partial charge in [-0.25, -0.2) is 4.98 Å². The van der Waals surface area contributed by atoms with Gasteiger partial charge in [0.1, 0.15) is 12.0 Å². The first-order valence-electron chi connectivity index (χ1n) is 5.74. The second kappa shape index (κ2) is 5.53. The SMILES string of the molecule is CC(=O)Cc1coc(CC2CCSCC2)n1. The number of rotatable bonds is 4. The Bertz CT molecular complexity index is 356. The molecule has 4 heteroatoms. The van der Waals surface area contributed by atoms with Crippen molar-refractivity contribution in [3.8, 4) is 0 Å². The summed E-state index contributed by atoms with van der Waals surface area (Å²) >= 11 is 2.03. The second-order valence-electron chi connectivity index (χ2n) is 4.37. The van der Waals surface area contributed by atoms with Gasteiger partial charge in [0.2, 0.25) is 0 Å². The van der Waals surface area contributed by atoms with Gasteiger partial charge < -0.3 is 4.42 Å². The average Bonchev–Trinajstić information content (AvgIpc) is 2.66. The van der Waals surface area contributed by atoms with E-state index in [0.717, 1.165) is 18.0 Å². The third-order valence-corrected chi connectivity index (χ3v) is 3.88. The zero-order valence-electron chi connectivity index (χ0n) is 9.57. The summed E-state index contributed by atoms with van der Waals surface area (Å²) in [7, 11) is 0. The fourth-order valence-electron chi connectivity index (χ4n) is 1.98. The lowest BCUT2D eigenvalue weighted by atomic mass is 9.99. The van der Waals surface area contributed by atoms with Crippen LogP contribution in [0.3, 0.4) is 0 Å². The van der Waals surface area contributed by atoms with Gasteiger partial charge in [-0.05, 0) is 37.2 Å². The summed E-state index contributed by atoms with van der Waals surface area (Å²) in [6.07, 6.45) is 5.46. The van der Waals surface area contributed by atoms with E-state index in [1.165, 1.54) is 24.3 Å². The standard InChI is InChI=1S/C12H17NO2S/c1-9(14)6-11-8-15-12(13-11)7-10-2-4-16-5-3-10/h8,10H,2-7H2,1H3. The van der Waals surface area contributed by atoms with Gasteiger partial charge in [-0.2, -0.15) is 11.8 Å². The number of oxazole rings is 1. The van der Waals surface area contributed by atoms with Crippen LogP contribution in [0.25, 0.3) is 0 Å². The molecule has 2 heterocycles. The number of carbonyl (C=O) groups is 1. The maximum Gasteiger partial charge on any atom is 0.194 e. The van der Waals surface area contributed by atoms with Crippen molar-refractivity contribution in [2.75, 3.05) is 11.5 Å². The first-order valence-corrected chi connectivity index (χ1v) is 6.90. The van der Waals surface area contributed by atoms with Crippen LogP contribution in [-0.4, -0.2) is 22.3 Å². The zero-order chi connectivity index (χ0) is 11.4. The van der Waals surface area contributed by atoms with E-state index >= 15 is 0 Å². The van der Waals surface area contributed by atoms with Gasteiger partial charge in [-0.1, -0.05) is 0 Å². The van der Waals surface area contributed by atoms with E-state index in [-0.39, 0.29) is 5.78 Å². The van der Waals surface area contributed by atoms with Crippen molar-refractivity contribution >= 4 is 17.5 Å². The van der Waals surface area contributed by atoms with E-state index in [1.54, 1.807) is 13.2 Å². The smallest absolute Gasteiger partial charge is 0.194 e. The molecule has 0 atom stereocenters. The summed E-state index contributed by atoms with van der Waals surface area (Å²) in [4.78, 5) is 15.3. The van der Waals surface area contributed by atoms with Gasteiger partial charge in [-0.15, -0.1) is 0 Å². The number of ketones is 1. The minimum atomic E-state index is 0.133. The Morgan fingerprint density at radius 3 is 3.00 bits per heavy atom. The number of hydrogen-bond donors (Lipinski definition) is 0. The Balaban J connectivity index is 1.88. The molecule has 0 unspecified atom stereocenters. The van der Waals surface area contributed by atoms with E-state index in [0.29, 0.717) is 12.3 Å². The van der Waals surface area contributed by atoms with Gasteiger partial charge in [0.15, 0.2) is 5.89 Å². The molecule has 88 valence electrons. The van der Waals surface area contributed by atoms with Gasteiger partial charge in [0.05, 0.1) is 12.1 Å². The molecule has 1 aliphatic rings. The highest BCUT2D eigenvalue weighted by molar-refractivity contribution is 7.99. The van der Waals surface area contributed by atoms with Crippen molar-refractivity contribution < 1.29 is 9.21 Å². The third-order valence-electron chi connectivity index (χ3n) is 2.83. The van der Waals surface area contributed by atoms with Crippen molar-refractivity contribution in [3.63, 3.8) is 0 Å². The van der Waals surface area contributed by atoms with Crippen molar-refractivity contribution in [3.05, 3.63) is 17.8 Å². The molecule has 1 aromatic rings. The lowest BCUT2D eigenvalue weighted by Crippen LogP contribution is -2.12. The Kier molecular flexibility index (Phi) is 4.04. The van der Waals surface area contributed by atoms with Crippen LogP contribution in [0.15, 0.2) is 10.7 Å². The van der Waals surface area contributed by atoms with Crippen molar-refractivity contribution in [2.45, 2.75) is 32.6 Å². The predicted octanol–water partition coefficient (Wildman–Crippen LogP) is 2.49. The molecule has 1 saturated heterocycles. The fourth-order valence-corrected chi connectivity index (χ4v) is 3.18. The quantitative estimate of drug-likeness (QED) is 0.809. The highest BCUT2D eigenvalue weighted by Crippen LogP contribution is 2.25. The molecule has 1 aromatic heterocycles. The van der Waals surface area contributed by atoms with Crippen molar-refractivity contribution in [1.82, 2.24) is 4.98 Å². The molecular weight excluding hydrogens is 222 g/mol. The Labute approximate surface area is 100 Å². The molecule has 1 aliphatic heterocycles. The molecule has 2 rings (SSSR count). The summed E-state index contributed by atoms with van der Waals surface area (Å²) in [6, 6.07) is 0. The minimum absolute atomic E-state index is 0.133. The van der Waals surface area contributed by atoms with Crippen LogP contribution < -0.4 is 0 Å². The normalized spacial score (nSPS) is 17.6. The maximum atomic E-state index is 10.9. The molecule has 0 aliphatic carbocycles. The van der Waals surface area contributed by atoms with Gasteiger partial charge in [0, 0.05) is 6.42 Å². The largest absolute Gasteiger partial charge is 0.449 e. The first kappa shape index (κ1) is 11.7. The monoisotopic (exact) mass is 239 g/mol. The van der Waals surface area contributed by atoms with Crippen LogP contribution in [0.4, 0.5) is 0 Å². The van der Waals surface area contributed by atoms with Crippen LogP contribution in [-0.2, 0) is 17.6 Å². The fraction of sp³-hybridized carbons (Fsp3) is 0.667. The van der Waals surface area contributed by atoms with E-state index in [4.69, 9.17) is 4.42 Å². The van der Waals surface area contributed by atoms with Crippen LogP contribution >= 0.6 is 11.8 Å². The number of carbonyl (C=O) groups excluding carboxylic acids is 1. The van der Waals surface area contributed by atoms with Crippen molar-refractivity contribution in [1.29, 1.82) is 0 Å². The second-order valence-corrected chi connectivity index (χ2v) is 5.60. The molecular formula is C12H17NO2S. The van der Waals surface area contributed by atoms with Gasteiger partial charge >= 0.3 is 0 Å². The first-order chi connectivity index (χ1) is 7.74. The number of hydrogen-bond acceptors (Lipinski definition) is 4. The summed E-state index contributed by atoms with van der Waals surface area (Å²) in [5.41, 5.74) is 0.771. The highest BCUT2D eigenvalue weighted by atomic mass is 32.2. The molecule has 16 heavy (non-hydrogen) atoms. The van der Waals surface area contributed by atoms with Gasteiger partial charge in [-0.3, -0.25) is 4.79 Å². The summed E-state index contributed by atoms with van der Waals surface area (Å²) in [5, 5.41) is 0. The molecule has 0 bridgehead atoms. The lowest BCUT2D eigenvalue weighted by molar-refractivity contribution is -0.116. The lowest BCUT2D eigenvalue weighted by Gasteiger charge is -2.19. The van der Waals surface area contributed by atoms with E-state index in [9.17, 15) is 4.79 Å². The molecule has 0 amide bonds. The molecule has 0 aromatic carbocycles. The number of aromatic nitrogens is 1. The van der Waals surface area contributed by atoms with Crippen LogP contribution in [0.2, 0.25) is 0 Å². The zero-order valence-corrected chi connectivity index (χ0v) is 10.4. The molecule has 3 nitrogen and oxygen atoms in total. The van der Waals surface area contributed by atoms with E-state index < -0.39 is 0 Å². The van der Waals surface area contributed by atoms with Crippen LogP contribution in [0.5, 0.6) is 0 Å². The summed E-state index contributed by atoms with van der Waals surface area (Å²) < 4.78 is 5.40. The summed E-state index contributed by atoms with van der Waals surface area (Å²) in [6.45, 7) is 1.58. The topological polar surface area (TPSA) is 43.1 Å². The number of Topliss-reactive ketones (excluding diaryl/α,β-unsaturated/α-hetero) is 1. The van der Waals surface area contributed by atoms with E-state index in [1.807, 2.05) is 11.8 Å². The van der Waals surface area contributed by atoms with Gasteiger partial charge in [0.25, 0.3) is 0 Å². The predicted molar refractivity (Wildman–Crippen MR) is 64.6 cm³/mol. The molecule has 1 fully saturated rings. The average molecular weight is 239 g/mol. The third kappa shape index (κ3) is 3.37. The van der Waals surface area contributed by atoms with Crippen LogP contribution in [0.1, 0.15) is 31.4 Å². The summed E-state index contributed by atoms with van der Waals surface area (Å²) in [5.74, 6) is 4.16. The van der Waals surface area contributed by atoms with Crippen LogP contribution in [0, 0.1) is 5.92 Å². The minimum Gasteiger partial charge on any atom is -0.449 e. The van der Waals surface area contributed by atoms with Crippen molar-refractivity contribution in [2.24, 2.45) is 5.92 Å². The Hall–Kier alpha value is -0.770. The molecule has 0 radical (unpaired) electrons. The molecule has 0 saturated carbocycles. The molecule has 0 N–H and O–H groups in total. The molecule has 0 spiro atoms. The number of nitrogens with zero attached hydrogens (tertiary/aromatic N) is 1. The van der Waals surface area contributed by atoms with E-state index in [2.05, 4.69) is 4.98 Å². The highest BCUT2D eigenvalue weighted by Gasteiger charge is 2.17. The number of thioether (sulfide) groups is 1. The Morgan fingerprint density at radius 1 is 1.56 bits per heavy atom. The Morgan fingerprint density at radius 2 is 2.31 bits per heavy atom.